The van der Waals surface area contributed by atoms with E-state index in [1.165, 1.54) is 19.3 Å². The Morgan fingerprint density at radius 2 is 1.96 bits per heavy atom. The van der Waals surface area contributed by atoms with Crippen molar-refractivity contribution in [3.8, 4) is 0 Å². The lowest BCUT2D eigenvalue weighted by atomic mass is 10.0. The number of aromatic nitrogens is 3. The summed E-state index contributed by atoms with van der Waals surface area (Å²) in [5, 5.41) is 0. The molecule has 24 heavy (non-hydrogen) atoms. The molecule has 0 atom stereocenters. The first-order chi connectivity index (χ1) is 11.6. The first kappa shape index (κ1) is 18.6. The number of nitrogens with zero attached hydrogens (tertiary/aromatic N) is 6. The van der Waals surface area contributed by atoms with E-state index >= 15 is 0 Å². The van der Waals surface area contributed by atoms with Crippen LogP contribution in [0.1, 0.15) is 51.9 Å². The van der Waals surface area contributed by atoms with E-state index in [1.807, 2.05) is 13.3 Å². The number of nitrogens with two attached hydrogens (primary N) is 1. The lowest BCUT2D eigenvalue weighted by Crippen LogP contribution is -2.42. The Morgan fingerprint density at radius 3 is 2.67 bits per heavy atom. The van der Waals surface area contributed by atoms with Crippen molar-refractivity contribution in [2.45, 2.75) is 57.9 Å². The monoisotopic (exact) mass is 333 g/mol. The molecule has 1 aromatic heterocycles. The summed E-state index contributed by atoms with van der Waals surface area (Å²) in [5.41, 5.74) is 5.85. The summed E-state index contributed by atoms with van der Waals surface area (Å²) in [7, 11) is 4.19. The maximum atomic E-state index is 5.85. The smallest absolute Gasteiger partial charge is 0.255 e. The second-order valence-electron chi connectivity index (χ2n) is 6.60. The topological polar surface area (TPSA) is 83.5 Å². The zero-order valence-corrected chi connectivity index (χ0v) is 15.3. The number of hydrogen-bond donors (Lipinski definition) is 1. The zero-order valence-electron chi connectivity index (χ0n) is 15.3. The minimum atomic E-state index is 0.234. The van der Waals surface area contributed by atoms with Gasteiger partial charge in [0.1, 0.15) is 0 Å². The average molecular weight is 333 g/mol. The van der Waals surface area contributed by atoms with Gasteiger partial charge in [-0.05, 0) is 45.8 Å². The highest BCUT2D eigenvalue weighted by Crippen LogP contribution is 2.20. The van der Waals surface area contributed by atoms with E-state index in [4.69, 9.17) is 5.73 Å². The molecule has 1 aliphatic rings. The van der Waals surface area contributed by atoms with Crippen molar-refractivity contribution in [3.05, 3.63) is 0 Å². The Hall–Kier alpha value is -1.76. The summed E-state index contributed by atoms with van der Waals surface area (Å²) in [4.78, 5) is 21.7. The van der Waals surface area contributed by atoms with Crippen molar-refractivity contribution in [2.24, 2.45) is 4.99 Å². The minimum absolute atomic E-state index is 0.234. The number of anilines is 2. The second-order valence-corrected chi connectivity index (χ2v) is 6.60. The van der Waals surface area contributed by atoms with Gasteiger partial charge in [-0.15, -0.1) is 0 Å². The van der Waals surface area contributed by atoms with Crippen LogP contribution in [0.5, 0.6) is 0 Å². The molecule has 2 rings (SSSR count). The number of hydrogen-bond acceptors (Lipinski definition) is 7. The lowest BCUT2D eigenvalue weighted by Gasteiger charge is -2.35. The van der Waals surface area contributed by atoms with Crippen LogP contribution in [0.4, 0.5) is 17.8 Å². The van der Waals surface area contributed by atoms with E-state index in [-0.39, 0.29) is 5.95 Å². The van der Waals surface area contributed by atoms with Gasteiger partial charge >= 0.3 is 0 Å². The number of piperidine rings is 1. The molecule has 0 aliphatic carbocycles. The molecule has 2 N–H and O–H groups in total. The molecule has 7 nitrogen and oxygen atoms in total. The summed E-state index contributed by atoms with van der Waals surface area (Å²) in [6, 6.07) is 0.439. The van der Waals surface area contributed by atoms with Crippen molar-refractivity contribution in [3.63, 3.8) is 0 Å². The molecule has 0 unspecified atom stereocenters. The third kappa shape index (κ3) is 5.70. The van der Waals surface area contributed by atoms with Gasteiger partial charge in [-0.1, -0.05) is 26.2 Å². The molecular formula is C17H31N7. The van der Waals surface area contributed by atoms with Crippen molar-refractivity contribution >= 4 is 24.1 Å². The molecule has 0 radical (unpaired) electrons. The molecule has 7 heteroatoms. The fraction of sp³-hybridized carbons (Fsp3) is 0.765. The molecule has 2 heterocycles. The van der Waals surface area contributed by atoms with Crippen LogP contribution in [0.3, 0.4) is 0 Å². The van der Waals surface area contributed by atoms with Crippen LogP contribution in [-0.4, -0.2) is 59.3 Å². The molecule has 0 amide bonds. The normalized spacial score (nSPS) is 16.8. The summed E-state index contributed by atoms with van der Waals surface area (Å²) in [6.45, 7) is 4.40. The molecule has 1 aromatic rings. The van der Waals surface area contributed by atoms with Crippen LogP contribution in [0, 0.1) is 0 Å². The van der Waals surface area contributed by atoms with Crippen LogP contribution in [0.2, 0.25) is 0 Å². The van der Waals surface area contributed by atoms with Crippen LogP contribution in [0.15, 0.2) is 4.99 Å². The summed E-state index contributed by atoms with van der Waals surface area (Å²) >= 11 is 0. The quantitative estimate of drug-likeness (QED) is 0.581. The van der Waals surface area contributed by atoms with Gasteiger partial charge in [-0.25, -0.2) is 4.99 Å². The average Bonchev–Trinajstić information content (AvgIpc) is 2.57. The maximum Gasteiger partial charge on any atom is 0.255 e. The van der Waals surface area contributed by atoms with Crippen molar-refractivity contribution in [1.29, 1.82) is 0 Å². The summed E-state index contributed by atoms with van der Waals surface area (Å²) in [5.74, 6) is 1.26. The molecule has 0 aromatic carbocycles. The van der Waals surface area contributed by atoms with Crippen molar-refractivity contribution in [2.75, 3.05) is 37.8 Å². The predicted octanol–water partition coefficient (Wildman–Crippen LogP) is 2.66. The number of nitrogen functional groups attached to an aromatic ring is 1. The first-order valence-corrected chi connectivity index (χ1v) is 9.05. The van der Waals surface area contributed by atoms with Crippen LogP contribution < -0.4 is 10.6 Å². The maximum absolute atomic E-state index is 5.85. The Labute approximate surface area is 145 Å². The van der Waals surface area contributed by atoms with Gasteiger partial charge in [0.2, 0.25) is 11.9 Å². The van der Waals surface area contributed by atoms with E-state index in [9.17, 15) is 0 Å². The Kier molecular flexibility index (Phi) is 7.36. The fourth-order valence-corrected chi connectivity index (χ4v) is 2.94. The van der Waals surface area contributed by atoms with E-state index in [0.29, 0.717) is 17.9 Å². The van der Waals surface area contributed by atoms with Crippen LogP contribution in [-0.2, 0) is 0 Å². The standard InChI is InChI=1S/C17H31N7/c1-4-5-6-7-8-11-19-16-20-15(18)21-17(22-16)24(3)14-9-12-23(2)13-10-14/h11,14H,4-10,12-13H2,1-3H3,(H2,18,20,21,22). The van der Waals surface area contributed by atoms with Gasteiger partial charge < -0.3 is 15.5 Å². The largest absolute Gasteiger partial charge is 0.368 e. The first-order valence-electron chi connectivity index (χ1n) is 9.05. The SMILES string of the molecule is CCCCCCC=Nc1nc(N)nc(N(C)C2CCN(C)CC2)n1. The molecule has 1 aliphatic heterocycles. The van der Waals surface area contributed by atoms with Gasteiger partial charge in [-0.3, -0.25) is 0 Å². The zero-order chi connectivity index (χ0) is 17.4. The molecule has 0 spiro atoms. The Bertz CT molecular complexity index is 524. The van der Waals surface area contributed by atoms with Gasteiger partial charge in [-0.2, -0.15) is 15.0 Å². The van der Waals surface area contributed by atoms with Gasteiger partial charge in [0.25, 0.3) is 5.95 Å². The van der Waals surface area contributed by atoms with Crippen LogP contribution in [0.25, 0.3) is 0 Å². The number of aliphatic imine (C=N–C) groups is 1. The summed E-state index contributed by atoms with van der Waals surface area (Å²) in [6.07, 6.45) is 9.97. The van der Waals surface area contributed by atoms with Gasteiger partial charge in [0.05, 0.1) is 0 Å². The van der Waals surface area contributed by atoms with Crippen molar-refractivity contribution < 1.29 is 0 Å². The molecule has 1 saturated heterocycles. The van der Waals surface area contributed by atoms with E-state index in [1.54, 1.807) is 0 Å². The van der Waals surface area contributed by atoms with Crippen LogP contribution >= 0.6 is 0 Å². The third-order valence-electron chi connectivity index (χ3n) is 4.57. The Morgan fingerprint density at radius 1 is 1.21 bits per heavy atom. The third-order valence-corrected chi connectivity index (χ3v) is 4.57. The summed E-state index contributed by atoms with van der Waals surface area (Å²) < 4.78 is 0. The molecule has 134 valence electrons. The van der Waals surface area contributed by atoms with E-state index < -0.39 is 0 Å². The molecule has 0 saturated carbocycles. The van der Waals surface area contributed by atoms with Gasteiger partial charge in [0, 0.05) is 19.3 Å². The second kappa shape index (κ2) is 9.52. The lowest BCUT2D eigenvalue weighted by molar-refractivity contribution is 0.252. The number of rotatable bonds is 8. The van der Waals surface area contributed by atoms with Gasteiger partial charge in [0.15, 0.2) is 0 Å². The highest BCUT2D eigenvalue weighted by molar-refractivity contribution is 5.61. The minimum Gasteiger partial charge on any atom is -0.368 e. The fourth-order valence-electron chi connectivity index (χ4n) is 2.94. The molecule has 0 bridgehead atoms. The highest BCUT2D eigenvalue weighted by atomic mass is 15.3. The number of likely N-dealkylation sites (tertiary alicyclic amines) is 1. The molecular weight excluding hydrogens is 302 g/mol. The van der Waals surface area contributed by atoms with E-state index in [0.717, 1.165) is 38.8 Å². The Balaban J connectivity index is 1.96. The highest BCUT2D eigenvalue weighted by Gasteiger charge is 2.23. The van der Waals surface area contributed by atoms with Crippen molar-refractivity contribution in [1.82, 2.24) is 19.9 Å². The van der Waals surface area contributed by atoms with E-state index in [2.05, 4.69) is 43.7 Å². The number of unbranched alkanes of at least 4 members (excludes halogenated alkanes) is 4. The molecule has 1 fully saturated rings. The predicted molar refractivity (Wildman–Crippen MR) is 100 cm³/mol.